The van der Waals surface area contributed by atoms with Crippen LogP contribution in [0.25, 0.3) is 0 Å². The van der Waals surface area contributed by atoms with Gasteiger partial charge in [0.15, 0.2) is 0 Å². The summed E-state index contributed by atoms with van der Waals surface area (Å²) in [6, 6.07) is 1.91. The molecule has 0 atom stereocenters. The first-order valence-electron chi connectivity index (χ1n) is 2.82. The number of pyridine rings is 1. The van der Waals surface area contributed by atoms with Gasteiger partial charge in [-0.25, -0.2) is 0 Å². The Bertz CT molecular complexity index is 224. The zero-order valence-electron chi connectivity index (χ0n) is 5.29. The maximum atomic E-state index is 5.42. The fourth-order valence-corrected chi connectivity index (χ4v) is 1.13. The summed E-state index contributed by atoms with van der Waals surface area (Å²) in [6.45, 7) is 0. The van der Waals surface area contributed by atoms with Gasteiger partial charge in [0.2, 0.25) is 0 Å². The molecule has 0 aliphatic heterocycles. The van der Waals surface area contributed by atoms with Crippen molar-refractivity contribution in [3.8, 4) is 0 Å². The predicted octanol–water partition coefficient (Wildman–Crippen LogP) is 0.602. The standard InChI is InChI=1S/C6H8IN3/c7-5-1-4(6(8)9)2-10-3-5/h1-3,6H,8-9H2. The van der Waals surface area contributed by atoms with Crippen LogP contribution in [0.15, 0.2) is 18.5 Å². The summed E-state index contributed by atoms with van der Waals surface area (Å²) in [4.78, 5) is 3.94. The Hall–Kier alpha value is -0.200. The molecular formula is C6H8IN3. The number of nitrogens with zero attached hydrogens (tertiary/aromatic N) is 1. The Kier molecular flexibility index (Phi) is 2.58. The molecule has 1 aromatic heterocycles. The first kappa shape index (κ1) is 7.90. The summed E-state index contributed by atoms with van der Waals surface area (Å²) >= 11 is 2.17. The molecule has 10 heavy (non-hydrogen) atoms. The minimum absolute atomic E-state index is 0.415. The summed E-state index contributed by atoms with van der Waals surface area (Å²) in [7, 11) is 0. The molecule has 54 valence electrons. The summed E-state index contributed by atoms with van der Waals surface area (Å²) in [6.07, 6.45) is 3.02. The second-order valence-corrected chi connectivity index (χ2v) is 3.21. The Morgan fingerprint density at radius 2 is 2.10 bits per heavy atom. The third kappa shape index (κ3) is 1.89. The molecule has 0 bridgehead atoms. The second-order valence-electron chi connectivity index (χ2n) is 1.96. The van der Waals surface area contributed by atoms with Crippen molar-refractivity contribution in [1.82, 2.24) is 4.98 Å². The zero-order chi connectivity index (χ0) is 7.56. The third-order valence-corrected chi connectivity index (χ3v) is 1.70. The van der Waals surface area contributed by atoms with Crippen LogP contribution < -0.4 is 11.5 Å². The van der Waals surface area contributed by atoms with Crippen LogP contribution in [0, 0.1) is 3.57 Å². The van der Waals surface area contributed by atoms with E-state index in [1.54, 1.807) is 12.4 Å². The number of rotatable bonds is 1. The van der Waals surface area contributed by atoms with Gasteiger partial charge in [-0.3, -0.25) is 4.98 Å². The molecule has 4 heteroatoms. The van der Waals surface area contributed by atoms with Crippen molar-refractivity contribution in [2.24, 2.45) is 11.5 Å². The van der Waals surface area contributed by atoms with E-state index in [1.807, 2.05) is 6.07 Å². The van der Waals surface area contributed by atoms with Crippen molar-refractivity contribution >= 4 is 22.6 Å². The van der Waals surface area contributed by atoms with Gasteiger partial charge in [0.05, 0.1) is 6.17 Å². The third-order valence-electron chi connectivity index (χ3n) is 1.11. The van der Waals surface area contributed by atoms with E-state index >= 15 is 0 Å². The topological polar surface area (TPSA) is 64.9 Å². The maximum absolute atomic E-state index is 5.42. The van der Waals surface area contributed by atoms with Gasteiger partial charge in [-0.2, -0.15) is 0 Å². The summed E-state index contributed by atoms with van der Waals surface area (Å²) in [5.74, 6) is 0. The van der Waals surface area contributed by atoms with E-state index in [1.165, 1.54) is 0 Å². The van der Waals surface area contributed by atoms with Crippen molar-refractivity contribution in [3.63, 3.8) is 0 Å². The Balaban J connectivity index is 2.96. The largest absolute Gasteiger partial charge is 0.312 e. The molecule has 0 aliphatic rings. The lowest BCUT2D eigenvalue weighted by molar-refractivity contribution is 0.767. The number of hydrogen-bond acceptors (Lipinski definition) is 3. The number of halogens is 1. The molecule has 0 saturated carbocycles. The van der Waals surface area contributed by atoms with Crippen LogP contribution in [-0.4, -0.2) is 4.98 Å². The average molecular weight is 249 g/mol. The van der Waals surface area contributed by atoms with Crippen LogP contribution >= 0.6 is 22.6 Å². The van der Waals surface area contributed by atoms with Gasteiger partial charge in [0.25, 0.3) is 0 Å². The highest BCUT2D eigenvalue weighted by Gasteiger charge is 1.98. The Morgan fingerprint density at radius 3 is 2.50 bits per heavy atom. The molecule has 0 spiro atoms. The van der Waals surface area contributed by atoms with E-state index in [-0.39, 0.29) is 0 Å². The monoisotopic (exact) mass is 249 g/mol. The minimum Gasteiger partial charge on any atom is -0.312 e. The summed E-state index contributed by atoms with van der Waals surface area (Å²) < 4.78 is 1.05. The van der Waals surface area contributed by atoms with Gasteiger partial charge < -0.3 is 11.5 Å². The molecule has 3 nitrogen and oxygen atoms in total. The maximum Gasteiger partial charge on any atom is 0.0800 e. The van der Waals surface area contributed by atoms with Crippen molar-refractivity contribution in [3.05, 3.63) is 27.6 Å². The van der Waals surface area contributed by atoms with Crippen LogP contribution in [0.5, 0.6) is 0 Å². The van der Waals surface area contributed by atoms with E-state index in [0.717, 1.165) is 9.13 Å². The van der Waals surface area contributed by atoms with E-state index < -0.39 is 6.17 Å². The van der Waals surface area contributed by atoms with Gasteiger partial charge in [0, 0.05) is 21.5 Å². The first-order chi connectivity index (χ1) is 4.70. The molecular weight excluding hydrogens is 241 g/mol. The Morgan fingerprint density at radius 1 is 1.40 bits per heavy atom. The van der Waals surface area contributed by atoms with Crippen molar-refractivity contribution in [2.75, 3.05) is 0 Å². The lowest BCUT2D eigenvalue weighted by atomic mass is 10.2. The fourth-order valence-electron chi connectivity index (χ4n) is 0.611. The fraction of sp³-hybridized carbons (Fsp3) is 0.167. The molecule has 0 fully saturated rings. The minimum atomic E-state index is -0.415. The Labute approximate surface area is 73.0 Å². The van der Waals surface area contributed by atoms with Crippen molar-refractivity contribution < 1.29 is 0 Å². The predicted molar refractivity (Wildman–Crippen MR) is 48.1 cm³/mol. The highest BCUT2D eigenvalue weighted by atomic mass is 127. The van der Waals surface area contributed by atoms with Crippen molar-refractivity contribution in [2.45, 2.75) is 6.17 Å². The molecule has 1 rings (SSSR count). The lowest BCUT2D eigenvalue weighted by Crippen LogP contribution is -2.20. The molecule has 0 aliphatic carbocycles. The molecule has 4 N–H and O–H groups in total. The quantitative estimate of drug-likeness (QED) is 0.565. The van der Waals surface area contributed by atoms with Crippen LogP contribution in [0.1, 0.15) is 11.7 Å². The number of nitrogens with two attached hydrogens (primary N) is 2. The summed E-state index contributed by atoms with van der Waals surface area (Å²) in [5, 5.41) is 0. The van der Waals surface area contributed by atoms with E-state index in [4.69, 9.17) is 11.5 Å². The summed E-state index contributed by atoms with van der Waals surface area (Å²) in [5.41, 5.74) is 11.7. The van der Waals surface area contributed by atoms with Gasteiger partial charge >= 0.3 is 0 Å². The van der Waals surface area contributed by atoms with Gasteiger partial charge in [-0.1, -0.05) is 0 Å². The molecule has 0 amide bonds. The van der Waals surface area contributed by atoms with Crippen LogP contribution in [0.3, 0.4) is 0 Å². The lowest BCUT2D eigenvalue weighted by Gasteiger charge is -2.03. The molecule has 0 aromatic carbocycles. The molecule has 0 radical (unpaired) electrons. The average Bonchev–Trinajstić information content (AvgIpc) is 1.88. The van der Waals surface area contributed by atoms with Gasteiger partial charge in [0.1, 0.15) is 0 Å². The van der Waals surface area contributed by atoms with Crippen molar-refractivity contribution in [1.29, 1.82) is 0 Å². The molecule has 0 unspecified atom stereocenters. The van der Waals surface area contributed by atoms with Gasteiger partial charge in [-0.05, 0) is 28.7 Å². The first-order valence-corrected chi connectivity index (χ1v) is 3.89. The zero-order valence-corrected chi connectivity index (χ0v) is 7.45. The van der Waals surface area contributed by atoms with Crippen LogP contribution in [-0.2, 0) is 0 Å². The van der Waals surface area contributed by atoms with E-state index in [9.17, 15) is 0 Å². The number of aromatic nitrogens is 1. The second kappa shape index (κ2) is 3.27. The smallest absolute Gasteiger partial charge is 0.0800 e. The normalized spacial score (nSPS) is 10.4. The van der Waals surface area contributed by atoms with E-state index in [0.29, 0.717) is 0 Å². The molecule has 0 saturated heterocycles. The highest BCUT2D eigenvalue weighted by Crippen LogP contribution is 2.07. The van der Waals surface area contributed by atoms with E-state index in [2.05, 4.69) is 27.6 Å². The van der Waals surface area contributed by atoms with Crippen LogP contribution in [0.2, 0.25) is 0 Å². The van der Waals surface area contributed by atoms with Gasteiger partial charge in [-0.15, -0.1) is 0 Å². The van der Waals surface area contributed by atoms with Crippen LogP contribution in [0.4, 0.5) is 0 Å². The highest BCUT2D eigenvalue weighted by molar-refractivity contribution is 14.1. The number of hydrogen-bond donors (Lipinski definition) is 2. The molecule has 1 aromatic rings. The molecule has 1 heterocycles. The SMILES string of the molecule is NC(N)c1cncc(I)c1.